The molecule has 0 atom stereocenters. The lowest BCUT2D eigenvalue weighted by Crippen LogP contribution is -2.20. The number of thiophene rings is 1. The van der Waals surface area contributed by atoms with Gasteiger partial charge in [-0.15, -0.1) is 11.3 Å². The molecule has 0 aliphatic carbocycles. The molecule has 0 aliphatic rings. The van der Waals surface area contributed by atoms with Crippen LogP contribution in [0.1, 0.15) is 9.67 Å². The Labute approximate surface area is 132 Å². The van der Waals surface area contributed by atoms with E-state index in [4.69, 9.17) is 16.3 Å². The third-order valence-corrected chi connectivity index (χ3v) is 4.06. The van der Waals surface area contributed by atoms with Crippen molar-refractivity contribution < 1.29 is 14.3 Å². The Balaban J connectivity index is 1.85. The molecule has 1 amide bonds. The minimum absolute atomic E-state index is 0.346. The van der Waals surface area contributed by atoms with Gasteiger partial charge in [-0.25, -0.2) is 4.79 Å². The molecular formula is C13H9BrClNO3S. The molecule has 0 saturated heterocycles. The van der Waals surface area contributed by atoms with Crippen LogP contribution in [0.25, 0.3) is 0 Å². The molecule has 1 aromatic heterocycles. The van der Waals surface area contributed by atoms with Crippen LogP contribution in [0.5, 0.6) is 0 Å². The maximum atomic E-state index is 11.6. The number of halogens is 2. The van der Waals surface area contributed by atoms with Gasteiger partial charge in [0.25, 0.3) is 5.91 Å². The lowest BCUT2D eigenvalue weighted by molar-refractivity contribution is -0.119. The summed E-state index contributed by atoms with van der Waals surface area (Å²) in [5.41, 5.74) is 0.553. The number of anilines is 1. The molecule has 1 aromatic carbocycles. The Morgan fingerprint density at radius 2 is 2.10 bits per heavy atom. The lowest BCUT2D eigenvalue weighted by atomic mass is 10.3. The van der Waals surface area contributed by atoms with E-state index in [1.807, 2.05) is 0 Å². The van der Waals surface area contributed by atoms with E-state index in [-0.39, 0.29) is 6.61 Å². The predicted molar refractivity (Wildman–Crippen MR) is 82.4 cm³/mol. The largest absolute Gasteiger partial charge is 0.451 e. The molecule has 0 aliphatic heterocycles. The summed E-state index contributed by atoms with van der Waals surface area (Å²) < 4.78 is 5.74. The minimum atomic E-state index is -0.526. The molecule has 4 nitrogen and oxygen atoms in total. The van der Waals surface area contributed by atoms with E-state index in [9.17, 15) is 9.59 Å². The molecule has 104 valence electrons. The minimum Gasteiger partial charge on any atom is -0.451 e. The quantitative estimate of drug-likeness (QED) is 0.824. The van der Waals surface area contributed by atoms with Crippen LogP contribution in [0.4, 0.5) is 5.69 Å². The summed E-state index contributed by atoms with van der Waals surface area (Å²) in [6.45, 7) is -0.346. The van der Waals surface area contributed by atoms with E-state index >= 15 is 0 Å². The first-order valence-corrected chi connectivity index (χ1v) is 7.51. The highest BCUT2D eigenvalue weighted by Crippen LogP contribution is 2.22. The van der Waals surface area contributed by atoms with Crippen molar-refractivity contribution in [1.29, 1.82) is 0 Å². The maximum absolute atomic E-state index is 11.6. The van der Waals surface area contributed by atoms with Gasteiger partial charge in [-0.1, -0.05) is 17.7 Å². The number of nitrogens with one attached hydrogen (secondary N) is 1. The topological polar surface area (TPSA) is 55.4 Å². The number of carbonyl (C=O) groups excluding carboxylic acids is 2. The average Bonchev–Trinajstić information content (AvgIpc) is 2.83. The number of hydrogen-bond donors (Lipinski definition) is 1. The van der Waals surface area contributed by atoms with Crippen molar-refractivity contribution in [3.63, 3.8) is 0 Å². The molecule has 2 aromatic rings. The Morgan fingerprint density at radius 1 is 1.30 bits per heavy atom. The van der Waals surface area contributed by atoms with E-state index in [1.165, 1.54) is 11.3 Å². The number of hydrogen-bond acceptors (Lipinski definition) is 4. The zero-order valence-electron chi connectivity index (χ0n) is 10.1. The molecule has 7 heteroatoms. The summed E-state index contributed by atoms with van der Waals surface area (Å²) in [6.07, 6.45) is 0. The van der Waals surface area contributed by atoms with Gasteiger partial charge in [0.15, 0.2) is 6.61 Å². The number of amides is 1. The third-order valence-electron chi connectivity index (χ3n) is 2.22. The average molecular weight is 375 g/mol. The fourth-order valence-electron chi connectivity index (χ4n) is 1.39. The number of esters is 1. The van der Waals surface area contributed by atoms with Crippen LogP contribution >= 0.6 is 38.9 Å². The van der Waals surface area contributed by atoms with Crippen molar-refractivity contribution >= 4 is 56.4 Å². The van der Waals surface area contributed by atoms with E-state index < -0.39 is 11.9 Å². The van der Waals surface area contributed by atoms with Gasteiger partial charge in [-0.2, -0.15) is 0 Å². The Bertz CT molecular complexity index is 644. The molecule has 1 heterocycles. The number of benzene rings is 1. The lowest BCUT2D eigenvalue weighted by Gasteiger charge is -2.06. The normalized spacial score (nSPS) is 10.1. The molecule has 0 saturated carbocycles. The monoisotopic (exact) mass is 373 g/mol. The number of carbonyl (C=O) groups is 2. The second-order valence-electron chi connectivity index (χ2n) is 3.74. The maximum Gasteiger partial charge on any atom is 0.348 e. The van der Waals surface area contributed by atoms with E-state index in [1.54, 1.807) is 36.4 Å². The highest BCUT2D eigenvalue weighted by molar-refractivity contribution is 9.11. The summed E-state index contributed by atoms with van der Waals surface area (Å²) in [6, 6.07) is 10.1. The Morgan fingerprint density at radius 3 is 2.75 bits per heavy atom. The van der Waals surface area contributed by atoms with Gasteiger partial charge < -0.3 is 10.1 Å². The first kappa shape index (κ1) is 15.0. The highest BCUT2D eigenvalue weighted by Gasteiger charge is 2.12. The first-order chi connectivity index (χ1) is 9.54. The molecule has 2 rings (SSSR count). The summed E-state index contributed by atoms with van der Waals surface area (Å²) >= 11 is 10.3. The molecule has 20 heavy (non-hydrogen) atoms. The van der Waals surface area contributed by atoms with Crippen LogP contribution < -0.4 is 5.32 Å². The van der Waals surface area contributed by atoms with E-state index in [0.717, 1.165) is 3.79 Å². The molecule has 0 radical (unpaired) electrons. The van der Waals surface area contributed by atoms with Crippen LogP contribution in [0.3, 0.4) is 0 Å². The highest BCUT2D eigenvalue weighted by atomic mass is 79.9. The summed E-state index contributed by atoms with van der Waals surface area (Å²) in [5, 5.41) is 3.11. The zero-order chi connectivity index (χ0) is 14.5. The Kier molecular flexibility index (Phi) is 5.17. The third kappa shape index (κ3) is 4.33. The Hall–Kier alpha value is -1.37. The van der Waals surface area contributed by atoms with Gasteiger partial charge in [0.05, 0.1) is 3.79 Å². The fourth-order valence-corrected chi connectivity index (χ4v) is 2.86. The van der Waals surface area contributed by atoms with Crippen LogP contribution in [0.2, 0.25) is 5.02 Å². The van der Waals surface area contributed by atoms with Crippen molar-refractivity contribution in [2.45, 2.75) is 0 Å². The number of ether oxygens (including phenoxy) is 1. The van der Waals surface area contributed by atoms with Gasteiger partial charge in [-0.3, -0.25) is 4.79 Å². The SMILES string of the molecule is O=C(COC(=O)c1ccc(Br)s1)Nc1cccc(Cl)c1. The van der Waals surface area contributed by atoms with Gasteiger partial charge in [0, 0.05) is 10.7 Å². The summed E-state index contributed by atoms with van der Waals surface area (Å²) in [5.74, 6) is -0.946. The molecule has 0 fully saturated rings. The van der Waals surface area contributed by atoms with Crippen LogP contribution in [0, 0.1) is 0 Å². The van der Waals surface area contributed by atoms with Crippen LogP contribution in [-0.2, 0) is 9.53 Å². The van der Waals surface area contributed by atoms with Crippen molar-refractivity contribution in [1.82, 2.24) is 0 Å². The second-order valence-corrected chi connectivity index (χ2v) is 6.64. The predicted octanol–water partition coefficient (Wildman–Crippen LogP) is 3.96. The van der Waals surface area contributed by atoms with E-state index in [0.29, 0.717) is 15.6 Å². The summed E-state index contributed by atoms with van der Waals surface area (Å²) in [4.78, 5) is 23.7. The molecule has 0 bridgehead atoms. The fraction of sp³-hybridized carbons (Fsp3) is 0.0769. The molecule has 0 spiro atoms. The van der Waals surface area contributed by atoms with Gasteiger partial charge in [0.2, 0.25) is 0 Å². The van der Waals surface area contributed by atoms with Gasteiger partial charge in [-0.05, 0) is 46.3 Å². The number of rotatable bonds is 4. The van der Waals surface area contributed by atoms with E-state index in [2.05, 4.69) is 21.2 Å². The molecule has 0 unspecified atom stereocenters. The van der Waals surface area contributed by atoms with Crippen LogP contribution in [0.15, 0.2) is 40.2 Å². The van der Waals surface area contributed by atoms with Crippen molar-refractivity contribution in [3.8, 4) is 0 Å². The van der Waals surface area contributed by atoms with Gasteiger partial charge in [0.1, 0.15) is 4.88 Å². The smallest absolute Gasteiger partial charge is 0.348 e. The standard InChI is InChI=1S/C13H9BrClNO3S/c14-11-5-4-10(20-11)13(18)19-7-12(17)16-9-3-1-2-8(15)6-9/h1-6H,7H2,(H,16,17). The van der Waals surface area contributed by atoms with Crippen molar-refractivity contribution in [2.24, 2.45) is 0 Å². The van der Waals surface area contributed by atoms with Gasteiger partial charge >= 0.3 is 5.97 Å². The second kappa shape index (κ2) is 6.88. The molecule has 1 N–H and O–H groups in total. The molecular weight excluding hydrogens is 366 g/mol. The van der Waals surface area contributed by atoms with Crippen molar-refractivity contribution in [3.05, 3.63) is 50.1 Å². The zero-order valence-corrected chi connectivity index (χ0v) is 13.2. The summed E-state index contributed by atoms with van der Waals surface area (Å²) in [7, 11) is 0. The van der Waals surface area contributed by atoms with Crippen molar-refractivity contribution in [2.75, 3.05) is 11.9 Å². The van der Waals surface area contributed by atoms with Crippen LogP contribution in [-0.4, -0.2) is 18.5 Å². The first-order valence-electron chi connectivity index (χ1n) is 5.52.